The summed E-state index contributed by atoms with van der Waals surface area (Å²) in [7, 11) is 0. The van der Waals surface area contributed by atoms with Crippen LogP contribution in [-0.4, -0.2) is 51.6 Å². The summed E-state index contributed by atoms with van der Waals surface area (Å²) in [6.45, 7) is 3.97. The Morgan fingerprint density at radius 2 is 1.73 bits per heavy atom. The predicted octanol–water partition coefficient (Wildman–Crippen LogP) is 4.17. The summed E-state index contributed by atoms with van der Waals surface area (Å²) in [5.74, 6) is -3.12. The lowest BCUT2D eigenvalue weighted by atomic mass is 9.59. The van der Waals surface area contributed by atoms with Crippen LogP contribution in [0.3, 0.4) is 0 Å². The molecule has 2 N–H and O–H groups in total. The smallest absolute Gasteiger partial charge is 0.233 e. The number of carbonyl (C=O) groups is 4. The zero-order valence-electron chi connectivity index (χ0n) is 22.9. The van der Waals surface area contributed by atoms with Crippen molar-refractivity contribution in [1.29, 1.82) is 0 Å². The minimum absolute atomic E-state index is 0.105. The predicted molar refractivity (Wildman–Crippen MR) is 149 cm³/mol. The van der Waals surface area contributed by atoms with Gasteiger partial charge in [0.25, 0.3) is 0 Å². The maximum absolute atomic E-state index is 13.9. The fourth-order valence-electron chi connectivity index (χ4n) is 6.95. The van der Waals surface area contributed by atoms with Crippen molar-refractivity contribution in [2.75, 3.05) is 13.2 Å². The number of phenols is 2. The first kappa shape index (κ1) is 26.7. The third-order valence-corrected chi connectivity index (χ3v) is 8.86. The summed E-state index contributed by atoms with van der Waals surface area (Å²) in [6, 6.07) is 11.8. The molecule has 0 spiro atoms. The number of benzene rings is 2. The van der Waals surface area contributed by atoms with Crippen LogP contribution in [0.15, 0.2) is 76.9 Å². The van der Waals surface area contributed by atoms with Crippen LogP contribution >= 0.6 is 0 Å². The first-order valence-electron chi connectivity index (χ1n) is 14.0. The average Bonchev–Trinajstić information content (AvgIpc) is 3.20. The van der Waals surface area contributed by atoms with Crippen molar-refractivity contribution >= 4 is 23.4 Å². The van der Waals surface area contributed by atoms with Crippen LogP contribution in [0.25, 0.3) is 0 Å². The Morgan fingerprint density at radius 1 is 0.976 bits per heavy atom. The van der Waals surface area contributed by atoms with Crippen LogP contribution in [0.1, 0.15) is 43.7 Å². The molecule has 1 heterocycles. The Bertz CT molecular complexity index is 1580. The van der Waals surface area contributed by atoms with Crippen molar-refractivity contribution in [2.45, 2.75) is 39.0 Å². The van der Waals surface area contributed by atoms with Gasteiger partial charge in [-0.05, 0) is 68.9 Å². The normalized spacial score (nSPS) is 25.5. The lowest BCUT2D eigenvalue weighted by molar-refractivity contribution is -0.140. The molecule has 4 atom stereocenters. The quantitative estimate of drug-likeness (QED) is 0.313. The molecule has 0 aromatic heterocycles. The number of para-hydroxylation sites is 1. The molecular formula is C33H31NO7. The average molecular weight is 554 g/mol. The number of amides is 2. The highest BCUT2D eigenvalue weighted by Crippen LogP contribution is 2.56. The molecule has 2 aromatic carbocycles. The van der Waals surface area contributed by atoms with Gasteiger partial charge in [-0.1, -0.05) is 35.9 Å². The molecule has 1 fully saturated rings. The molecule has 41 heavy (non-hydrogen) atoms. The van der Waals surface area contributed by atoms with Crippen LogP contribution in [0.4, 0.5) is 0 Å². The number of ether oxygens (including phenoxy) is 1. The van der Waals surface area contributed by atoms with Crippen molar-refractivity contribution in [3.05, 3.63) is 88.0 Å². The number of allylic oxidation sites excluding steroid dienone is 6. The topological polar surface area (TPSA) is 121 Å². The highest BCUT2D eigenvalue weighted by Gasteiger charge is 2.56. The Kier molecular flexibility index (Phi) is 6.64. The highest BCUT2D eigenvalue weighted by atomic mass is 16.5. The summed E-state index contributed by atoms with van der Waals surface area (Å²) >= 11 is 0. The molecule has 4 aliphatic rings. The van der Waals surface area contributed by atoms with Gasteiger partial charge in [-0.25, -0.2) is 0 Å². The van der Waals surface area contributed by atoms with Crippen LogP contribution in [0.2, 0.25) is 0 Å². The van der Waals surface area contributed by atoms with Gasteiger partial charge >= 0.3 is 0 Å². The fourth-order valence-corrected chi connectivity index (χ4v) is 6.95. The van der Waals surface area contributed by atoms with E-state index in [1.165, 1.54) is 11.0 Å². The third-order valence-electron chi connectivity index (χ3n) is 8.86. The van der Waals surface area contributed by atoms with Crippen LogP contribution in [0.5, 0.6) is 17.2 Å². The molecule has 0 saturated carbocycles. The van der Waals surface area contributed by atoms with Gasteiger partial charge in [0, 0.05) is 34.7 Å². The Hall–Kier alpha value is -4.46. The van der Waals surface area contributed by atoms with Crippen molar-refractivity contribution < 1.29 is 34.1 Å². The largest absolute Gasteiger partial charge is 0.508 e. The lowest BCUT2D eigenvalue weighted by Crippen LogP contribution is -2.40. The molecule has 1 saturated heterocycles. The maximum atomic E-state index is 13.9. The van der Waals surface area contributed by atoms with E-state index in [-0.39, 0.29) is 53.6 Å². The van der Waals surface area contributed by atoms with Gasteiger partial charge in [-0.15, -0.1) is 0 Å². The Morgan fingerprint density at radius 3 is 2.46 bits per heavy atom. The zero-order chi connectivity index (χ0) is 29.0. The first-order chi connectivity index (χ1) is 19.7. The number of likely N-dealkylation sites (tertiary alicyclic amines) is 1. The molecule has 6 rings (SSSR count). The molecule has 8 heteroatoms. The summed E-state index contributed by atoms with van der Waals surface area (Å²) in [4.78, 5) is 55.6. The number of ketones is 2. The van der Waals surface area contributed by atoms with E-state index in [0.717, 1.165) is 11.1 Å². The van der Waals surface area contributed by atoms with Gasteiger partial charge in [0.05, 0.1) is 18.4 Å². The number of imide groups is 1. The monoisotopic (exact) mass is 553 g/mol. The number of phenolic OH excluding ortho intramolecular Hbond substituents is 2. The number of hydrogen-bond donors (Lipinski definition) is 2. The van der Waals surface area contributed by atoms with Crippen molar-refractivity contribution in [3.63, 3.8) is 0 Å². The van der Waals surface area contributed by atoms with E-state index in [0.29, 0.717) is 41.7 Å². The van der Waals surface area contributed by atoms with Gasteiger partial charge in [-0.3, -0.25) is 24.1 Å². The molecule has 210 valence electrons. The van der Waals surface area contributed by atoms with E-state index in [9.17, 15) is 29.4 Å². The summed E-state index contributed by atoms with van der Waals surface area (Å²) < 4.78 is 5.63. The molecule has 1 aliphatic heterocycles. The molecule has 0 unspecified atom stereocenters. The number of fused-ring (bicyclic) bond motifs is 3. The standard InChI is InChI=1S/C33H31NO7/c1-3-41-26-6-4-5-21(31(26)38)27-20-11-12-22-28(23(20)16-24-25(36)15-17(2)30(37)29(24)27)33(40)34(32(22)39)14-13-18-7-9-19(35)10-8-18/h4-11,15,22-23,27-28,35,38H,3,12-14,16H2,1-2H3/t22-,23+,27+,28-/m0/s1. The second-order valence-corrected chi connectivity index (χ2v) is 11.1. The van der Waals surface area contributed by atoms with Gasteiger partial charge in [-0.2, -0.15) is 0 Å². The van der Waals surface area contributed by atoms with Crippen LogP contribution < -0.4 is 4.74 Å². The lowest BCUT2D eigenvalue weighted by Gasteiger charge is -2.42. The number of carbonyl (C=O) groups excluding carboxylic acids is 4. The van der Waals surface area contributed by atoms with Gasteiger partial charge < -0.3 is 14.9 Å². The highest BCUT2D eigenvalue weighted by molar-refractivity contribution is 6.24. The molecule has 0 bridgehead atoms. The number of Topliss-reactive ketones (excluding diaryl/α,β-unsaturated/α-hetero) is 1. The second-order valence-electron chi connectivity index (χ2n) is 11.1. The molecule has 2 aromatic rings. The van der Waals surface area contributed by atoms with Gasteiger partial charge in [0.1, 0.15) is 5.75 Å². The second kappa shape index (κ2) is 10.2. The number of hydrogen-bond acceptors (Lipinski definition) is 7. The maximum Gasteiger partial charge on any atom is 0.233 e. The molecular weight excluding hydrogens is 522 g/mol. The first-order valence-corrected chi connectivity index (χ1v) is 14.0. The number of aromatic hydroxyl groups is 2. The fraction of sp³-hybridized carbons (Fsp3) is 0.333. The van der Waals surface area contributed by atoms with Gasteiger partial charge in [0.2, 0.25) is 11.8 Å². The van der Waals surface area contributed by atoms with E-state index >= 15 is 0 Å². The molecule has 0 radical (unpaired) electrons. The van der Waals surface area contributed by atoms with E-state index in [1.807, 2.05) is 6.08 Å². The van der Waals surface area contributed by atoms with E-state index in [1.54, 1.807) is 56.3 Å². The third kappa shape index (κ3) is 4.29. The number of nitrogens with zero attached hydrogens (tertiary/aromatic N) is 1. The van der Waals surface area contributed by atoms with Crippen molar-refractivity contribution in [1.82, 2.24) is 4.90 Å². The zero-order valence-corrected chi connectivity index (χ0v) is 22.9. The van der Waals surface area contributed by atoms with Crippen LogP contribution in [0, 0.1) is 17.8 Å². The summed E-state index contributed by atoms with van der Waals surface area (Å²) in [6.07, 6.45) is 4.25. The van der Waals surface area contributed by atoms with Crippen molar-refractivity contribution in [3.8, 4) is 17.2 Å². The van der Waals surface area contributed by atoms with E-state index in [4.69, 9.17) is 4.74 Å². The van der Waals surface area contributed by atoms with Gasteiger partial charge in [0.15, 0.2) is 23.1 Å². The Labute approximate surface area is 237 Å². The van der Waals surface area contributed by atoms with Crippen molar-refractivity contribution in [2.24, 2.45) is 17.8 Å². The minimum atomic E-state index is -0.737. The minimum Gasteiger partial charge on any atom is -0.508 e. The number of rotatable bonds is 6. The molecule has 3 aliphatic carbocycles. The van der Waals surface area contributed by atoms with E-state index in [2.05, 4.69) is 0 Å². The van der Waals surface area contributed by atoms with Crippen LogP contribution in [-0.2, 0) is 25.6 Å². The molecule has 8 nitrogen and oxygen atoms in total. The SMILES string of the molecule is CCOc1cccc([C@H]2C3=CC[C@@H]4C(=O)N(CCc5ccc(O)cc5)C(=O)[C@@H]4[C@@H]3CC3=C2C(=O)C(C)=CC3=O)c1O. The van der Waals surface area contributed by atoms with E-state index < -0.39 is 23.7 Å². The molecule has 2 amide bonds. The summed E-state index contributed by atoms with van der Waals surface area (Å²) in [5, 5.41) is 20.8. The Balaban J connectivity index is 1.40. The summed E-state index contributed by atoms with van der Waals surface area (Å²) in [5.41, 5.74) is 3.13.